The van der Waals surface area contributed by atoms with Crippen molar-refractivity contribution in [1.29, 1.82) is 0 Å². The van der Waals surface area contributed by atoms with Crippen LogP contribution < -0.4 is 17.2 Å². The first-order chi connectivity index (χ1) is 5.97. The maximum absolute atomic E-state index is 6.00. The van der Waals surface area contributed by atoms with Crippen molar-refractivity contribution in [3.8, 4) is 0 Å². The van der Waals surface area contributed by atoms with E-state index in [9.17, 15) is 0 Å². The fraction of sp³-hybridized carbons (Fsp3) is 0.556. The summed E-state index contributed by atoms with van der Waals surface area (Å²) in [4.78, 5) is 0. The molecule has 0 fully saturated rings. The van der Waals surface area contributed by atoms with Gasteiger partial charge in [0.25, 0.3) is 0 Å². The van der Waals surface area contributed by atoms with Crippen LogP contribution in [0.25, 0.3) is 0 Å². The molecule has 6 N–H and O–H groups in total. The molecule has 1 aliphatic rings. The fourth-order valence-corrected chi connectivity index (χ4v) is 1.16. The Morgan fingerprint density at radius 1 is 1.08 bits per heavy atom. The molecule has 0 aromatic carbocycles. The molecule has 74 valence electrons. The third-order valence-electron chi connectivity index (χ3n) is 2.10. The van der Waals surface area contributed by atoms with Crippen molar-refractivity contribution in [1.82, 2.24) is 0 Å². The molecule has 0 heterocycles. The average Bonchev–Trinajstić information content (AvgIpc) is 2.08. The Labute approximate surface area is 78.4 Å². The molecule has 0 aromatic heterocycles. The van der Waals surface area contributed by atoms with Crippen LogP contribution in [0.4, 0.5) is 0 Å². The van der Waals surface area contributed by atoms with Crippen LogP contribution in [0.15, 0.2) is 24.3 Å². The molecule has 0 saturated carbocycles. The molecule has 1 aliphatic carbocycles. The minimum absolute atomic E-state index is 0.460. The number of methoxy groups -OCH3 is 1. The second kappa shape index (κ2) is 3.59. The summed E-state index contributed by atoms with van der Waals surface area (Å²) in [5.74, 6) is 0. The smallest absolute Gasteiger partial charge is 0.102 e. The molecule has 1 rings (SSSR count). The van der Waals surface area contributed by atoms with Gasteiger partial charge in [-0.2, -0.15) is 0 Å². The van der Waals surface area contributed by atoms with Gasteiger partial charge in [0.15, 0.2) is 0 Å². The first kappa shape index (κ1) is 10.4. The minimum Gasteiger partial charge on any atom is -0.385 e. The Morgan fingerprint density at radius 2 is 1.62 bits per heavy atom. The van der Waals surface area contributed by atoms with Crippen molar-refractivity contribution >= 4 is 0 Å². The molecule has 0 atom stereocenters. The van der Waals surface area contributed by atoms with Gasteiger partial charge in [-0.1, -0.05) is 12.2 Å². The lowest BCUT2D eigenvalue weighted by Crippen LogP contribution is -2.50. The second-order valence-electron chi connectivity index (χ2n) is 3.52. The molecule has 13 heavy (non-hydrogen) atoms. The average molecular weight is 183 g/mol. The molecule has 0 unspecified atom stereocenters. The van der Waals surface area contributed by atoms with Gasteiger partial charge in [0.05, 0.1) is 5.54 Å². The molecule has 0 aromatic rings. The normalized spacial score (nSPS) is 23.4. The minimum atomic E-state index is -0.851. The first-order valence-electron chi connectivity index (χ1n) is 4.24. The Kier molecular flexibility index (Phi) is 2.87. The molecule has 0 bridgehead atoms. The van der Waals surface area contributed by atoms with Gasteiger partial charge in [-0.25, -0.2) is 0 Å². The van der Waals surface area contributed by atoms with Crippen LogP contribution in [0.2, 0.25) is 0 Å². The zero-order chi connectivity index (χ0) is 9.95. The van der Waals surface area contributed by atoms with Crippen LogP contribution in [-0.2, 0) is 4.74 Å². The van der Waals surface area contributed by atoms with Crippen LogP contribution >= 0.6 is 0 Å². The predicted octanol–water partition coefficient (Wildman–Crippen LogP) is -0.540. The molecule has 0 aliphatic heterocycles. The highest BCUT2D eigenvalue weighted by atomic mass is 16.5. The Morgan fingerprint density at radius 3 is 2.08 bits per heavy atom. The molecule has 0 spiro atoms. The van der Waals surface area contributed by atoms with Gasteiger partial charge in [0.2, 0.25) is 0 Å². The topological polar surface area (TPSA) is 87.3 Å². The fourth-order valence-electron chi connectivity index (χ4n) is 1.16. The van der Waals surface area contributed by atoms with Crippen LogP contribution in [0.3, 0.4) is 0 Å². The number of hydrogen-bond donors (Lipinski definition) is 3. The molecular weight excluding hydrogens is 166 g/mol. The van der Waals surface area contributed by atoms with E-state index >= 15 is 0 Å². The zero-order valence-corrected chi connectivity index (χ0v) is 7.86. The van der Waals surface area contributed by atoms with Crippen molar-refractivity contribution in [3.05, 3.63) is 24.3 Å². The number of nitrogens with two attached hydrogens (primary N) is 3. The van der Waals surface area contributed by atoms with E-state index in [0.717, 1.165) is 6.42 Å². The summed E-state index contributed by atoms with van der Waals surface area (Å²) in [7, 11) is 1.65. The van der Waals surface area contributed by atoms with Gasteiger partial charge in [-0.05, 0) is 18.6 Å². The van der Waals surface area contributed by atoms with E-state index < -0.39 is 11.2 Å². The third-order valence-corrected chi connectivity index (χ3v) is 2.10. The monoisotopic (exact) mass is 183 g/mol. The molecule has 4 heteroatoms. The van der Waals surface area contributed by atoms with Crippen molar-refractivity contribution in [2.24, 2.45) is 17.2 Å². The maximum Gasteiger partial charge on any atom is 0.102 e. The summed E-state index contributed by atoms with van der Waals surface area (Å²) < 4.78 is 4.95. The number of ether oxygens (including phenoxy) is 1. The summed E-state index contributed by atoms with van der Waals surface area (Å²) in [6, 6.07) is 0. The molecule has 4 nitrogen and oxygen atoms in total. The summed E-state index contributed by atoms with van der Waals surface area (Å²) >= 11 is 0. The van der Waals surface area contributed by atoms with Gasteiger partial charge < -0.3 is 21.9 Å². The van der Waals surface area contributed by atoms with Crippen molar-refractivity contribution in [3.63, 3.8) is 0 Å². The molecule has 0 radical (unpaired) electrons. The lowest BCUT2D eigenvalue weighted by Gasteiger charge is -2.29. The SMILES string of the molecule is COCCC1(N)C=CC(N)(N)C=C1. The van der Waals surface area contributed by atoms with E-state index in [0.29, 0.717) is 6.61 Å². The van der Waals surface area contributed by atoms with E-state index in [1.165, 1.54) is 0 Å². The van der Waals surface area contributed by atoms with Crippen LogP contribution in [0, 0.1) is 0 Å². The van der Waals surface area contributed by atoms with E-state index in [2.05, 4.69) is 0 Å². The lowest BCUT2D eigenvalue weighted by molar-refractivity contribution is 0.184. The van der Waals surface area contributed by atoms with E-state index in [4.69, 9.17) is 21.9 Å². The standard InChI is InChI=1S/C9H17N3O/c1-13-7-6-8(10)2-4-9(11,12)5-3-8/h2-5H,6-7,10-12H2,1H3. The van der Waals surface area contributed by atoms with Gasteiger partial charge >= 0.3 is 0 Å². The Hall–Kier alpha value is -0.680. The lowest BCUT2D eigenvalue weighted by atomic mass is 9.88. The summed E-state index contributed by atoms with van der Waals surface area (Å²) in [5.41, 5.74) is 16.0. The van der Waals surface area contributed by atoms with Gasteiger partial charge in [0, 0.05) is 13.7 Å². The van der Waals surface area contributed by atoms with Crippen molar-refractivity contribution in [2.75, 3.05) is 13.7 Å². The second-order valence-corrected chi connectivity index (χ2v) is 3.52. The van der Waals surface area contributed by atoms with Crippen LogP contribution in [-0.4, -0.2) is 24.9 Å². The Balaban J connectivity index is 2.60. The summed E-state index contributed by atoms with van der Waals surface area (Å²) in [5, 5.41) is 0. The van der Waals surface area contributed by atoms with Crippen molar-refractivity contribution < 1.29 is 4.74 Å². The van der Waals surface area contributed by atoms with Gasteiger partial charge in [-0.15, -0.1) is 0 Å². The molecule has 0 amide bonds. The number of rotatable bonds is 3. The van der Waals surface area contributed by atoms with Crippen LogP contribution in [0.5, 0.6) is 0 Å². The molecular formula is C9H17N3O. The zero-order valence-electron chi connectivity index (χ0n) is 7.86. The quantitative estimate of drug-likeness (QED) is 0.405. The van der Waals surface area contributed by atoms with E-state index in [1.807, 2.05) is 12.2 Å². The van der Waals surface area contributed by atoms with E-state index in [1.54, 1.807) is 19.3 Å². The summed E-state index contributed by atoms with van der Waals surface area (Å²) in [6.07, 6.45) is 7.80. The van der Waals surface area contributed by atoms with E-state index in [-0.39, 0.29) is 0 Å². The maximum atomic E-state index is 6.00. The molecule has 0 saturated heterocycles. The largest absolute Gasteiger partial charge is 0.385 e. The highest BCUT2D eigenvalue weighted by Crippen LogP contribution is 2.18. The highest BCUT2D eigenvalue weighted by molar-refractivity contribution is 5.30. The van der Waals surface area contributed by atoms with Gasteiger partial charge in [0.1, 0.15) is 5.66 Å². The third kappa shape index (κ3) is 2.93. The highest BCUT2D eigenvalue weighted by Gasteiger charge is 2.25. The summed E-state index contributed by atoms with van der Waals surface area (Å²) in [6.45, 7) is 0.618. The van der Waals surface area contributed by atoms with Crippen molar-refractivity contribution in [2.45, 2.75) is 17.6 Å². The first-order valence-corrected chi connectivity index (χ1v) is 4.24. The predicted molar refractivity (Wildman–Crippen MR) is 52.8 cm³/mol. The number of hydrogen-bond acceptors (Lipinski definition) is 4. The Bertz CT molecular complexity index is 217. The van der Waals surface area contributed by atoms with Gasteiger partial charge in [-0.3, -0.25) is 0 Å². The van der Waals surface area contributed by atoms with Crippen LogP contribution in [0.1, 0.15) is 6.42 Å².